The van der Waals surface area contributed by atoms with Gasteiger partial charge in [-0.05, 0) is 45.7 Å². The van der Waals surface area contributed by atoms with Gasteiger partial charge in [0.2, 0.25) is 0 Å². The van der Waals surface area contributed by atoms with E-state index in [1.165, 1.54) is 43.7 Å². The van der Waals surface area contributed by atoms with E-state index < -0.39 is 11.8 Å². The van der Waals surface area contributed by atoms with Crippen molar-refractivity contribution < 1.29 is 14.4 Å². The van der Waals surface area contributed by atoms with Crippen molar-refractivity contribution in [3.63, 3.8) is 0 Å². The third kappa shape index (κ3) is 3.97. The first-order valence-corrected chi connectivity index (χ1v) is 9.75. The highest BCUT2D eigenvalue weighted by atomic mass is 16.2. The van der Waals surface area contributed by atoms with Gasteiger partial charge in [0.15, 0.2) is 0 Å². The van der Waals surface area contributed by atoms with Gasteiger partial charge in [0.25, 0.3) is 0 Å². The standard InChI is InChI=1S/C18H30N4O3/c1-2-19-13-14-22(17(24)16(19)23)18(25)21-11-7-15(8-12-21)20-9-5-3-4-6-10-20/h15H,2-14H2,1H3. The number of piperazine rings is 1. The number of rotatable bonds is 2. The summed E-state index contributed by atoms with van der Waals surface area (Å²) in [5, 5.41) is 0. The molecule has 0 radical (unpaired) electrons. The molecule has 3 aliphatic rings. The number of hydrogen-bond donors (Lipinski definition) is 0. The number of imide groups is 1. The summed E-state index contributed by atoms with van der Waals surface area (Å²) < 4.78 is 0. The minimum Gasteiger partial charge on any atom is -0.333 e. The number of carbonyl (C=O) groups excluding carboxylic acids is 3. The average molecular weight is 350 g/mol. The van der Waals surface area contributed by atoms with Crippen molar-refractivity contribution in [2.24, 2.45) is 0 Å². The van der Waals surface area contributed by atoms with Gasteiger partial charge in [-0.25, -0.2) is 4.79 Å². The first-order valence-electron chi connectivity index (χ1n) is 9.75. The van der Waals surface area contributed by atoms with Crippen molar-refractivity contribution >= 4 is 17.8 Å². The molecule has 140 valence electrons. The predicted octanol–water partition coefficient (Wildman–Crippen LogP) is 1.14. The van der Waals surface area contributed by atoms with Crippen molar-refractivity contribution in [2.75, 3.05) is 45.8 Å². The summed E-state index contributed by atoms with van der Waals surface area (Å²) >= 11 is 0. The van der Waals surface area contributed by atoms with Crippen molar-refractivity contribution in [3.8, 4) is 0 Å². The predicted molar refractivity (Wildman–Crippen MR) is 94.0 cm³/mol. The normalized spacial score (nSPS) is 24.6. The maximum absolute atomic E-state index is 12.7. The number of carbonyl (C=O) groups is 3. The second-order valence-corrected chi connectivity index (χ2v) is 7.29. The first-order chi connectivity index (χ1) is 12.1. The molecule has 0 saturated carbocycles. The van der Waals surface area contributed by atoms with Gasteiger partial charge in [-0.2, -0.15) is 0 Å². The van der Waals surface area contributed by atoms with E-state index in [9.17, 15) is 14.4 Å². The van der Waals surface area contributed by atoms with E-state index in [0.29, 0.717) is 38.8 Å². The van der Waals surface area contributed by atoms with E-state index in [2.05, 4.69) is 4.90 Å². The minimum atomic E-state index is -0.673. The maximum atomic E-state index is 12.7. The summed E-state index contributed by atoms with van der Waals surface area (Å²) in [4.78, 5) is 43.9. The Morgan fingerprint density at radius 2 is 1.52 bits per heavy atom. The molecule has 7 nitrogen and oxygen atoms in total. The van der Waals surface area contributed by atoms with Gasteiger partial charge in [-0.15, -0.1) is 0 Å². The van der Waals surface area contributed by atoms with Crippen molar-refractivity contribution in [1.29, 1.82) is 0 Å². The Hall–Kier alpha value is -1.63. The van der Waals surface area contributed by atoms with Crippen LogP contribution < -0.4 is 0 Å². The second-order valence-electron chi connectivity index (χ2n) is 7.29. The molecule has 3 aliphatic heterocycles. The fourth-order valence-corrected chi connectivity index (χ4v) is 4.21. The summed E-state index contributed by atoms with van der Waals surface area (Å²) in [5.41, 5.74) is 0. The summed E-state index contributed by atoms with van der Waals surface area (Å²) in [5.74, 6) is -1.23. The van der Waals surface area contributed by atoms with Gasteiger partial charge in [0.1, 0.15) is 0 Å². The Morgan fingerprint density at radius 1 is 0.880 bits per heavy atom. The molecule has 3 rings (SSSR count). The van der Waals surface area contributed by atoms with Gasteiger partial charge in [-0.1, -0.05) is 12.8 Å². The Morgan fingerprint density at radius 3 is 2.12 bits per heavy atom. The molecule has 0 aromatic carbocycles. The van der Waals surface area contributed by atoms with E-state index in [4.69, 9.17) is 0 Å². The lowest BCUT2D eigenvalue weighted by molar-refractivity contribution is -0.154. The van der Waals surface area contributed by atoms with Crippen LogP contribution in [0.4, 0.5) is 4.79 Å². The fourth-order valence-electron chi connectivity index (χ4n) is 4.21. The van der Waals surface area contributed by atoms with E-state index in [-0.39, 0.29) is 6.03 Å². The smallest absolute Gasteiger partial charge is 0.327 e. The quantitative estimate of drug-likeness (QED) is 0.701. The molecule has 3 heterocycles. The highest BCUT2D eigenvalue weighted by Gasteiger charge is 2.38. The third-order valence-corrected chi connectivity index (χ3v) is 5.81. The Bertz CT molecular complexity index is 508. The Labute approximate surface area is 149 Å². The van der Waals surface area contributed by atoms with Gasteiger partial charge in [0, 0.05) is 38.8 Å². The van der Waals surface area contributed by atoms with Crippen LogP contribution in [0.2, 0.25) is 0 Å². The lowest BCUT2D eigenvalue weighted by Crippen LogP contribution is -2.60. The van der Waals surface area contributed by atoms with E-state index in [1.54, 1.807) is 4.90 Å². The largest absolute Gasteiger partial charge is 0.333 e. The van der Waals surface area contributed by atoms with Crippen LogP contribution in [0.1, 0.15) is 45.4 Å². The van der Waals surface area contributed by atoms with Crippen LogP contribution in [0.5, 0.6) is 0 Å². The van der Waals surface area contributed by atoms with Gasteiger partial charge < -0.3 is 14.7 Å². The van der Waals surface area contributed by atoms with Gasteiger partial charge in [0.05, 0.1) is 0 Å². The van der Waals surface area contributed by atoms with Gasteiger partial charge >= 0.3 is 17.8 Å². The lowest BCUT2D eigenvalue weighted by atomic mass is 10.0. The van der Waals surface area contributed by atoms with E-state index in [0.717, 1.165) is 17.7 Å². The molecule has 25 heavy (non-hydrogen) atoms. The molecule has 0 spiro atoms. The number of likely N-dealkylation sites (N-methyl/N-ethyl adjacent to an activating group) is 1. The molecule has 0 atom stereocenters. The zero-order valence-corrected chi connectivity index (χ0v) is 15.3. The molecular formula is C18H30N4O3. The Balaban J connectivity index is 1.53. The zero-order chi connectivity index (χ0) is 17.8. The minimum absolute atomic E-state index is 0.289. The second kappa shape index (κ2) is 8.17. The van der Waals surface area contributed by atoms with Crippen LogP contribution in [-0.4, -0.2) is 89.3 Å². The van der Waals surface area contributed by atoms with E-state index in [1.807, 2.05) is 6.92 Å². The number of urea groups is 1. The molecule has 0 bridgehead atoms. The van der Waals surface area contributed by atoms with Crippen molar-refractivity contribution in [2.45, 2.75) is 51.5 Å². The number of piperidine rings is 1. The molecule has 0 aromatic rings. The fraction of sp³-hybridized carbons (Fsp3) is 0.833. The lowest BCUT2D eigenvalue weighted by Gasteiger charge is -2.40. The maximum Gasteiger partial charge on any atom is 0.327 e. The topological polar surface area (TPSA) is 64.2 Å². The summed E-state index contributed by atoms with van der Waals surface area (Å²) in [7, 11) is 0. The number of hydrogen-bond acceptors (Lipinski definition) is 4. The molecule has 4 amide bonds. The zero-order valence-electron chi connectivity index (χ0n) is 15.3. The SMILES string of the molecule is CCN1CCN(C(=O)N2CCC(N3CCCCCC3)CC2)C(=O)C1=O. The summed E-state index contributed by atoms with van der Waals surface area (Å²) in [6.07, 6.45) is 7.13. The third-order valence-electron chi connectivity index (χ3n) is 5.81. The number of likely N-dealkylation sites (tertiary alicyclic amines) is 2. The Kier molecular flexibility index (Phi) is 5.93. The van der Waals surface area contributed by atoms with Crippen LogP contribution >= 0.6 is 0 Å². The van der Waals surface area contributed by atoms with Crippen LogP contribution in [0.3, 0.4) is 0 Å². The van der Waals surface area contributed by atoms with Gasteiger partial charge in [-0.3, -0.25) is 14.5 Å². The summed E-state index contributed by atoms with van der Waals surface area (Å²) in [6, 6.07) is 0.264. The van der Waals surface area contributed by atoms with Crippen LogP contribution in [-0.2, 0) is 9.59 Å². The molecule has 0 aromatic heterocycles. The average Bonchev–Trinajstić information content (AvgIpc) is 2.93. The molecular weight excluding hydrogens is 320 g/mol. The van der Waals surface area contributed by atoms with Crippen LogP contribution in [0.15, 0.2) is 0 Å². The highest BCUT2D eigenvalue weighted by molar-refractivity contribution is 6.38. The van der Waals surface area contributed by atoms with E-state index >= 15 is 0 Å². The molecule has 0 unspecified atom stereocenters. The monoisotopic (exact) mass is 350 g/mol. The van der Waals surface area contributed by atoms with Crippen LogP contribution in [0, 0.1) is 0 Å². The van der Waals surface area contributed by atoms with Crippen molar-refractivity contribution in [3.05, 3.63) is 0 Å². The van der Waals surface area contributed by atoms with Crippen LogP contribution in [0.25, 0.3) is 0 Å². The number of nitrogens with zero attached hydrogens (tertiary/aromatic N) is 4. The van der Waals surface area contributed by atoms with Crippen molar-refractivity contribution in [1.82, 2.24) is 19.6 Å². The molecule has 3 saturated heterocycles. The first kappa shape index (κ1) is 18.2. The molecule has 0 aliphatic carbocycles. The molecule has 7 heteroatoms. The summed E-state index contributed by atoms with van der Waals surface area (Å²) in [6.45, 7) is 6.80. The molecule has 3 fully saturated rings. The molecule has 0 N–H and O–H groups in total. The number of amides is 4. The highest BCUT2D eigenvalue weighted by Crippen LogP contribution is 2.21.